The highest BCUT2D eigenvalue weighted by Gasteiger charge is 2.64. The van der Waals surface area contributed by atoms with Crippen molar-refractivity contribution < 1.29 is 19.4 Å². The molecule has 35 heavy (non-hydrogen) atoms. The molecule has 3 aromatic rings. The number of ether oxygens (including phenoxy) is 1. The number of para-hydroxylation sites is 1. The van der Waals surface area contributed by atoms with E-state index in [0.717, 1.165) is 27.7 Å². The number of fused-ring (bicyclic) bond motifs is 2. The van der Waals surface area contributed by atoms with Gasteiger partial charge in [-0.1, -0.05) is 67.6 Å². The molecule has 3 atom stereocenters. The van der Waals surface area contributed by atoms with Gasteiger partial charge in [0.25, 0.3) is 0 Å². The van der Waals surface area contributed by atoms with E-state index in [1.54, 1.807) is 0 Å². The lowest BCUT2D eigenvalue weighted by Crippen LogP contribution is -2.45. The van der Waals surface area contributed by atoms with Gasteiger partial charge in [-0.25, -0.2) is 0 Å². The van der Waals surface area contributed by atoms with E-state index in [0.29, 0.717) is 26.0 Å². The van der Waals surface area contributed by atoms with Crippen LogP contribution in [0, 0.1) is 10.8 Å². The first-order chi connectivity index (χ1) is 16.8. The highest BCUT2D eigenvalue weighted by Crippen LogP contribution is 2.60. The van der Waals surface area contributed by atoms with Crippen molar-refractivity contribution in [1.82, 2.24) is 4.90 Å². The van der Waals surface area contributed by atoms with Crippen molar-refractivity contribution in [3.63, 3.8) is 0 Å². The average Bonchev–Trinajstić information content (AvgIpc) is 3.01. The highest BCUT2D eigenvalue weighted by molar-refractivity contribution is 5.89. The lowest BCUT2D eigenvalue weighted by atomic mass is 9.57. The van der Waals surface area contributed by atoms with Crippen LogP contribution in [0.25, 0.3) is 10.8 Å². The van der Waals surface area contributed by atoms with Crippen molar-refractivity contribution in [3.8, 4) is 5.75 Å². The number of carboxylic acid groups (broad SMARTS) is 1. The third-order valence-electron chi connectivity index (χ3n) is 8.20. The Morgan fingerprint density at radius 1 is 1.03 bits per heavy atom. The number of benzene rings is 3. The van der Waals surface area contributed by atoms with E-state index >= 15 is 0 Å². The van der Waals surface area contributed by atoms with Crippen molar-refractivity contribution in [2.24, 2.45) is 10.8 Å². The summed E-state index contributed by atoms with van der Waals surface area (Å²) >= 11 is 0. The van der Waals surface area contributed by atoms with Crippen molar-refractivity contribution >= 4 is 22.6 Å². The molecule has 0 bridgehead atoms. The number of carbonyl (C=O) groups excluding carboxylic acids is 1. The molecule has 0 spiro atoms. The van der Waals surface area contributed by atoms with Crippen LogP contribution in [-0.4, -0.2) is 34.5 Å². The zero-order chi connectivity index (χ0) is 24.6. The van der Waals surface area contributed by atoms with Gasteiger partial charge in [0.2, 0.25) is 5.91 Å². The molecular weight excluding hydrogens is 438 g/mol. The van der Waals surface area contributed by atoms with Gasteiger partial charge in [0.05, 0.1) is 11.8 Å². The van der Waals surface area contributed by atoms with Crippen LogP contribution in [0.2, 0.25) is 0 Å². The number of aliphatic carboxylic acids is 1. The van der Waals surface area contributed by atoms with Gasteiger partial charge in [0.1, 0.15) is 12.4 Å². The Balaban J connectivity index is 1.43. The van der Waals surface area contributed by atoms with Crippen LogP contribution < -0.4 is 4.74 Å². The predicted molar refractivity (Wildman–Crippen MR) is 136 cm³/mol. The number of likely N-dealkylation sites (tertiary alicyclic amines) is 1. The van der Waals surface area contributed by atoms with Crippen LogP contribution >= 0.6 is 0 Å². The van der Waals surface area contributed by atoms with Gasteiger partial charge in [0.15, 0.2) is 0 Å². The monoisotopic (exact) mass is 469 g/mol. The molecule has 2 aliphatic rings. The number of rotatable bonds is 7. The molecule has 0 saturated carbocycles. The molecule has 1 heterocycles. The molecule has 180 valence electrons. The molecule has 5 nitrogen and oxygen atoms in total. The van der Waals surface area contributed by atoms with Crippen LogP contribution in [0.5, 0.6) is 5.75 Å². The molecule has 1 fully saturated rings. The van der Waals surface area contributed by atoms with Crippen LogP contribution in [0.1, 0.15) is 38.7 Å². The van der Waals surface area contributed by atoms with E-state index < -0.39 is 16.8 Å². The first-order valence-corrected chi connectivity index (χ1v) is 12.2. The Hall–Kier alpha value is -3.60. The van der Waals surface area contributed by atoms with Crippen molar-refractivity contribution in [1.29, 1.82) is 0 Å². The van der Waals surface area contributed by atoms with E-state index in [1.165, 1.54) is 0 Å². The number of carboxylic acids is 1. The summed E-state index contributed by atoms with van der Waals surface area (Å²) in [5.74, 6) is -0.0463. The zero-order valence-electron chi connectivity index (χ0n) is 20.2. The molecule has 1 aliphatic carbocycles. The SMILES string of the molecule is CC12CC(COc3ccccc3)=CCC1(C)C(CC(=O)O)N(Cc1ccc3ccccc3c1)C2=O. The minimum atomic E-state index is -0.876. The summed E-state index contributed by atoms with van der Waals surface area (Å²) in [5, 5.41) is 12.0. The highest BCUT2D eigenvalue weighted by atomic mass is 16.5. The van der Waals surface area contributed by atoms with Crippen molar-refractivity contribution in [2.75, 3.05) is 6.61 Å². The van der Waals surface area contributed by atoms with E-state index in [-0.39, 0.29) is 18.4 Å². The standard InChI is InChI=1S/C30H31NO4/c1-29-15-14-22(20-35-25-10-4-3-5-11-25)18-30(29,2)28(34)31(26(29)17-27(32)33)19-21-12-13-23-8-6-7-9-24(23)16-21/h3-14,16,26H,15,17-20H2,1-2H3,(H,32,33). The largest absolute Gasteiger partial charge is 0.489 e. The molecule has 1 saturated heterocycles. The summed E-state index contributed by atoms with van der Waals surface area (Å²) in [6, 6.07) is 23.6. The molecule has 0 radical (unpaired) electrons. The molecule has 1 amide bonds. The Bertz CT molecular complexity index is 1300. The number of hydrogen-bond donors (Lipinski definition) is 1. The summed E-state index contributed by atoms with van der Waals surface area (Å²) in [6.07, 6.45) is 3.32. The fourth-order valence-electron chi connectivity index (χ4n) is 5.96. The van der Waals surface area contributed by atoms with Crippen LogP contribution in [0.4, 0.5) is 0 Å². The number of hydrogen-bond acceptors (Lipinski definition) is 3. The average molecular weight is 470 g/mol. The Labute approximate surface area is 206 Å². The second kappa shape index (κ2) is 8.88. The maximum absolute atomic E-state index is 14.0. The quantitative estimate of drug-likeness (QED) is 0.442. The Morgan fingerprint density at radius 3 is 2.49 bits per heavy atom. The molecular formula is C30H31NO4. The maximum atomic E-state index is 14.0. The van der Waals surface area contributed by atoms with E-state index in [2.05, 4.69) is 37.3 Å². The predicted octanol–water partition coefficient (Wildman–Crippen LogP) is 5.84. The van der Waals surface area contributed by atoms with Gasteiger partial charge in [-0.3, -0.25) is 9.59 Å². The number of nitrogens with zero attached hydrogens (tertiary/aromatic N) is 1. The maximum Gasteiger partial charge on any atom is 0.305 e. The van der Waals surface area contributed by atoms with E-state index in [4.69, 9.17) is 4.74 Å². The summed E-state index contributed by atoms with van der Waals surface area (Å²) in [6.45, 7) is 4.93. The first kappa shape index (κ1) is 23.2. The summed E-state index contributed by atoms with van der Waals surface area (Å²) in [7, 11) is 0. The molecule has 5 heteroatoms. The van der Waals surface area contributed by atoms with Crippen LogP contribution in [-0.2, 0) is 16.1 Å². The van der Waals surface area contributed by atoms with Gasteiger partial charge in [-0.15, -0.1) is 0 Å². The van der Waals surface area contributed by atoms with Gasteiger partial charge < -0.3 is 14.7 Å². The second-order valence-corrected chi connectivity index (χ2v) is 10.3. The van der Waals surface area contributed by atoms with E-state index in [1.807, 2.05) is 60.4 Å². The Kier molecular flexibility index (Phi) is 5.87. The van der Waals surface area contributed by atoms with E-state index in [9.17, 15) is 14.7 Å². The second-order valence-electron chi connectivity index (χ2n) is 10.3. The van der Waals surface area contributed by atoms with Crippen LogP contribution in [0.3, 0.4) is 0 Å². The third kappa shape index (κ3) is 4.09. The minimum absolute atomic E-state index is 0.0321. The van der Waals surface area contributed by atoms with Gasteiger partial charge >= 0.3 is 5.97 Å². The normalized spacial score (nSPS) is 25.9. The van der Waals surface area contributed by atoms with Crippen molar-refractivity contribution in [3.05, 3.63) is 90.0 Å². The summed E-state index contributed by atoms with van der Waals surface area (Å²) in [5.41, 5.74) is 0.937. The molecule has 1 aliphatic heterocycles. The number of allylic oxidation sites excluding steroid dienone is 1. The number of amides is 1. The molecule has 5 rings (SSSR count). The molecule has 0 aromatic heterocycles. The molecule has 3 unspecified atom stereocenters. The Morgan fingerprint density at radius 2 is 1.74 bits per heavy atom. The van der Waals surface area contributed by atoms with Gasteiger partial charge in [-0.2, -0.15) is 0 Å². The van der Waals surface area contributed by atoms with Crippen LogP contribution in [0.15, 0.2) is 84.4 Å². The fourth-order valence-corrected chi connectivity index (χ4v) is 5.96. The first-order valence-electron chi connectivity index (χ1n) is 12.2. The molecule has 3 aromatic carbocycles. The lowest BCUT2D eigenvalue weighted by Gasteiger charge is -2.44. The lowest BCUT2D eigenvalue weighted by molar-refractivity contribution is -0.140. The smallest absolute Gasteiger partial charge is 0.305 e. The van der Waals surface area contributed by atoms with Gasteiger partial charge in [-0.05, 0) is 59.9 Å². The third-order valence-corrected chi connectivity index (χ3v) is 8.20. The minimum Gasteiger partial charge on any atom is -0.489 e. The van der Waals surface area contributed by atoms with Gasteiger partial charge in [0, 0.05) is 18.0 Å². The topological polar surface area (TPSA) is 66.8 Å². The summed E-state index contributed by atoms with van der Waals surface area (Å²) in [4.78, 5) is 27.7. The fraction of sp³-hybridized carbons (Fsp3) is 0.333. The molecule has 1 N–H and O–H groups in total. The number of carbonyl (C=O) groups is 2. The van der Waals surface area contributed by atoms with Crippen molar-refractivity contribution in [2.45, 2.75) is 45.7 Å². The summed E-state index contributed by atoms with van der Waals surface area (Å²) < 4.78 is 5.97. The zero-order valence-corrected chi connectivity index (χ0v) is 20.2.